The third-order valence-electron chi connectivity index (χ3n) is 5.01. The smallest absolute Gasteiger partial charge is 0.412 e. The second kappa shape index (κ2) is 7.63. The summed E-state index contributed by atoms with van der Waals surface area (Å²) in [7, 11) is 0. The highest BCUT2D eigenvalue weighted by Gasteiger charge is 2.32. The summed E-state index contributed by atoms with van der Waals surface area (Å²) in [5, 5.41) is 9.66. The number of halogens is 1. The first-order valence-corrected chi connectivity index (χ1v) is 9.29. The molecule has 2 aromatic rings. The molecule has 1 saturated heterocycles. The minimum atomic E-state index is -1.04. The zero-order valence-electron chi connectivity index (χ0n) is 15.6. The summed E-state index contributed by atoms with van der Waals surface area (Å²) in [5.41, 5.74) is 2.24. The molecule has 2 aliphatic rings. The highest BCUT2D eigenvalue weighted by atomic mass is 19.1. The Hall–Kier alpha value is -2.87. The van der Waals surface area contributed by atoms with E-state index in [4.69, 9.17) is 9.47 Å². The number of fused-ring (bicyclic) bond motifs is 1. The third kappa shape index (κ3) is 3.60. The first-order chi connectivity index (χ1) is 13.5. The molecule has 1 atom stereocenters. The van der Waals surface area contributed by atoms with Gasteiger partial charge in [0, 0.05) is 25.1 Å². The molecule has 0 spiro atoms. The van der Waals surface area contributed by atoms with Gasteiger partial charge >= 0.3 is 6.09 Å². The van der Waals surface area contributed by atoms with Crippen molar-refractivity contribution in [3.8, 4) is 5.88 Å². The summed E-state index contributed by atoms with van der Waals surface area (Å²) < 4.78 is 24.5. The summed E-state index contributed by atoms with van der Waals surface area (Å²) in [4.78, 5) is 19.9. The zero-order valence-corrected chi connectivity index (χ0v) is 15.6. The molecule has 3 heterocycles. The van der Waals surface area contributed by atoms with Crippen LogP contribution in [-0.2, 0) is 11.2 Å². The lowest BCUT2D eigenvalue weighted by Crippen LogP contribution is -2.45. The van der Waals surface area contributed by atoms with E-state index in [1.807, 2.05) is 6.07 Å². The number of amides is 1. The number of pyridine rings is 1. The first kappa shape index (κ1) is 18.5. The Morgan fingerprint density at radius 3 is 2.68 bits per heavy atom. The Kier molecular flexibility index (Phi) is 5.04. The quantitative estimate of drug-likeness (QED) is 0.873. The van der Waals surface area contributed by atoms with Crippen LogP contribution >= 0.6 is 0 Å². The van der Waals surface area contributed by atoms with Crippen LogP contribution in [-0.4, -0.2) is 55.1 Å². The van der Waals surface area contributed by atoms with Crippen LogP contribution in [0, 0.1) is 5.82 Å². The predicted octanol–water partition coefficient (Wildman–Crippen LogP) is 2.91. The topological polar surface area (TPSA) is 75.1 Å². The number of hydrogen-bond donors (Lipinski definition) is 1. The molecule has 1 aromatic carbocycles. The van der Waals surface area contributed by atoms with Gasteiger partial charge in [0.05, 0.1) is 19.3 Å². The molecule has 8 heteroatoms. The lowest BCUT2D eigenvalue weighted by molar-refractivity contribution is 0.122. The van der Waals surface area contributed by atoms with Gasteiger partial charge in [-0.3, -0.25) is 4.90 Å². The Bertz CT molecular complexity index is 868. The fourth-order valence-corrected chi connectivity index (χ4v) is 3.60. The van der Waals surface area contributed by atoms with Crippen molar-refractivity contribution in [1.82, 2.24) is 4.98 Å². The van der Waals surface area contributed by atoms with Gasteiger partial charge in [-0.15, -0.1) is 0 Å². The number of aromatic nitrogens is 1. The van der Waals surface area contributed by atoms with Gasteiger partial charge in [0.15, 0.2) is 0 Å². The van der Waals surface area contributed by atoms with Crippen LogP contribution in [0.2, 0.25) is 0 Å². The van der Waals surface area contributed by atoms with Gasteiger partial charge in [-0.1, -0.05) is 12.1 Å². The first-order valence-electron chi connectivity index (χ1n) is 9.29. The SMILES string of the molecule is C[C@H]1COc2nc(N3CCOCC3)c(Cc3ccc(F)cc3)cc2N1C(=O)O. The highest BCUT2D eigenvalue weighted by Crippen LogP contribution is 2.37. The number of carboxylic acid groups (broad SMARTS) is 1. The fraction of sp³-hybridized carbons (Fsp3) is 0.400. The van der Waals surface area contributed by atoms with Gasteiger partial charge in [-0.05, 0) is 30.7 Å². The van der Waals surface area contributed by atoms with E-state index in [9.17, 15) is 14.3 Å². The average Bonchev–Trinajstić information content (AvgIpc) is 2.69. The monoisotopic (exact) mass is 387 g/mol. The molecule has 148 valence electrons. The molecule has 28 heavy (non-hydrogen) atoms. The van der Waals surface area contributed by atoms with E-state index in [0.29, 0.717) is 44.3 Å². The standard InChI is InChI=1S/C20H22FN3O4/c1-13-12-28-19-17(24(13)20(25)26)11-15(10-14-2-4-16(21)5-3-14)18(22-19)23-6-8-27-9-7-23/h2-5,11,13H,6-10,12H2,1H3,(H,25,26)/t13-/m0/s1. The summed E-state index contributed by atoms with van der Waals surface area (Å²) in [6, 6.07) is 7.83. The van der Waals surface area contributed by atoms with Crippen molar-refractivity contribution in [1.29, 1.82) is 0 Å². The largest absolute Gasteiger partial charge is 0.474 e. The molecule has 2 aliphatic heterocycles. The molecule has 0 radical (unpaired) electrons. The maximum atomic E-state index is 13.3. The van der Waals surface area contributed by atoms with Crippen molar-refractivity contribution in [2.45, 2.75) is 19.4 Å². The molecule has 1 aromatic heterocycles. The van der Waals surface area contributed by atoms with Crippen LogP contribution in [0.4, 0.5) is 20.7 Å². The molecular formula is C20H22FN3O4. The second-order valence-corrected chi connectivity index (χ2v) is 7.01. The summed E-state index contributed by atoms with van der Waals surface area (Å²) in [6.07, 6.45) is -0.527. The van der Waals surface area contributed by atoms with Crippen LogP contribution < -0.4 is 14.5 Å². The maximum absolute atomic E-state index is 13.3. The van der Waals surface area contributed by atoms with Crippen LogP contribution in [0.1, 0.15) is 18.1 Å². The number of morpholine rings is 1. The minimum absolute atomic E-state index is 0.256. The Labute approximate surface area is 162 Å². The number of carbonyl (C=O) groups is 1. The van der Waals surface area contributed by atoms with E-state index < -0.39 is 6.09 Å². The van der Waals surface area contributed by atoms with Crippen molar-refractivity contribution in [3.63, 3.8) is 0 Å². The van der Waals surface area contributed by atoms with E-state index >= 15 is 0 Å². The van der Waals surface area contributed by atoms with E-state index in [1.54, 1.807) is 19.1 Å². The number of rotatable bonds is 3. The molecule has 0 unspecified atom stereocenters. The Morgan fingerprint density at radius 2 is 2.00 bits per heavy atom. The van der Waals surface area contributed by atoms with E-state index in [-0.39, 0.29) is 18.5 Å². The number of anilines is 2. The van der Waals surface area contributed by atoms with Crippen LogP contribution in [0.3, 0.4) is 0 Å². The summed E-state index contributed by atoms with van der Waals surface area (Å²) in [6.45, 7) is 4.66. The molecule has 1 N–H and O–H groups in total. The maximum Gasteiger partial charge on any atom is 0.412 e. The number of nitrogens with zero attached hydrogens (tertiary/aromatic N) is 3. The van der Waals surface area contributed by atoms with Gasteiger partial charge in [0.2, 0.25) is 5.88 Å². The van der Waals surface area contributed by atoms with Gasteiger partial charge in [0.1, 0.15) is 23.9 Å². The molecule has 1 fully saturated rings. The van der Waals surface area contributed by atoms with Gasteiger partial charge in [-0.2, -0.15) is 4.98 Å². The molecule has 7 nitrogen and oxygen atoms in total. The number of ether oxygens (including phenoxy) is 2. The Morgan fingerprint density at radius 1 is 1.29 bits per heavy atom. The number of hydrogen-bond acceptors (Lipinski definition) is 5. The Balaban J connectivity index is 1.78. The van der Waals surface area contributed by atoms with Gasteiger partial charge in [0.25, 0.3) is 0 Å². The third-order valence-corrected chi connectivity index (χ3v) is 5.01. The lowest BCUT2D eigenvalue weighted by atomic mass is 10.0. The van der Waals surface area contributed by atoms with E-state index in [1.165, 1.54) is 17.0 Å². The van der Waals surface area contributed by atoms with E-state index in [0.717, 1.165) is 16.9 Å². The van der Waals surface area contributed by atoms with Crippen molar-refractivity contribution >= 4 is 17.6 Å². The number of benzene rings is 1. The van der Waals surface area contributed by atoms with Gasteiger partial charge in [-0.25, -0.2) is 9.18 Å². The lowest BCUT2D eigenvalue weighted by Gasteiger charge is -2.35. The minimum Gasteiger partial charge on any atom is -0.474 e. The van der Waals surface area contributed by atoms with Crippen molar-refractivity contribution in [2.24, 2.45) is 0 Å². The second-order valence-electron chi connectivity index (χ2n) is 7.01. The van der Waals surface area contributed by atoms with Crippen LogP contribution in [0.15, 0.2) is 30.3 Å². The zero-order chi connectivity index (χ0) is 19.7. The summed E-state index contributed by atoms with van der Waals surface area (Å²) >= 11 is 0. The predicted molar refractivity (Wildman–Crippen MR) is 102 cm³/mol. The normalized spacial score (nSPS) is 19.1. The van der Waals surface area contributed by atoms with Crippen molar-refractivity contribution < 1.29 is 23.8 Å². The highest BCUT2D eigenvalue weighted by molar-refractivity contribution is 5.89. The summed E-state index contributed by atoms with van der Waals surface area (Å²) in [5.74, 6) is 0.788. The van der Waals surface area contributed by atoms with Crippen molar-refractivity contribution in [2.75, 3.05) is 42.7 Å². The molecule has 0 saturated carbocycles. The van der Waals surface area contributed by atoms with Crippen LogP contribution in [0.25, 0.3) is 0 Å². The van der Waals surface area contributed by atoms with Crippen LogP contribution in [0.5, 0.6) is 5.88 Å². The van der Waals surface area contributed by atoms with Crippen molar-refractivity contribution in [3.05, 3.63) is 47.3 Å². The van der Waals surface area contributed by atoms with Gasteiger partial charge < -0.3 is 19.5 Å². The average molecular weight is 387 g/mol. The fourth-order valence-electron chi connectivity index (χ4n) is 3.60. The molecule has 4 rings (SSSR count). The molecule has 0 bridgehead atoms. The molecular weight excluding hydrogens is 365 g/mol. The molecule has 1 amide bonds. The van der Waals surface area contributed by atoms with E-state index in [2.05, 4.69) is 9.88 Å². The molecule has 0 aliphatic carbocycles.